The van der Waals surface area contributed by atoms with E-state index in [-0.39, 0.29) is 11.7 Å². The molecule has 0 aliphatic heterocycles. The second-order valence-electron chi connectivity index (χ2n) is 3.52. The minimum Gasteiger partial charge on any atom is -0.356 e. The summed E-state index contributed by atoms with van der Waals surface area (Å²) < 4.78 is 13.0. The number of nitriles is 1. The van der Waals surface area contributed by atoms with Crippen molar-refractivity contribution in [2.45, 2.75) is 13.3 Å². The van der Waals surface area contributed by atoms with Crippen LogP contribution in [-0.2, 0) is 4.79 Å². The molecule has 88 valence electrons. The van der Waals surface area contributed by atoms with Crippen LogP contribution in [0.5, 0.6) is 0 Å². The van der Waals surface area contributed by atoms with Crippen molar-refractivity contribution < 1.29 is 9.18 Å². The second kappa shape index (κ2) is 6.44. The first-order valence-electron chi connectivity index (χ1n) is 5.24. The third-order valence-corrected chi connectivity index (χ3v) is 2.12. The molecule has 0 unspecified atom stereocenters. The van der Waals surface area contributed by atoms with Gasteiger partial charge in [-0.1, -0.05) is 12.2 Å². The molecular weight excluding hydrogens is 219 g/mol. The second-order valence-corrected chi connectivity index (χ2v) is 3.52. The van der Waals surface area contributed by atoms with Crippen LogP contribution >= 0.6 is 0 Å². The zero-order valence-corrected chi connectivity index (χ0v) is 9.53. The Hall–Kier alpha value is -2.15. The highest BCUT2D eigenvalue weighted by atomic mass is 19.1. The van der Waals surface area contributed by atoms with Crippen molar-refractivity contribution in [3.63, 3.8) is 0 Å². The molecule has 1 rings (SSSR count). The molecule has 0 saturated heterocycles. The molecule has 0 radical (unpaired) electrons. The van der Waals surface area contributed by atoms with Crippen LogP contribution < -0.4 is 5.32 Å². The maximum absolute atomic E-state index is 13.0. The van der Waals surface area contributed by atoms with Gasteiger partial charge in [0.2, 0.25) is 5.91 Å². The summed E-state index contributed by atoms with van der Waals surface area (Å²) in [6.07, 6.45) is 4.12. The Kier molecular flexibility index (Phi) is 4.89. The summed E-state index contributed by atoms with van der Waals surface area (Å²) in [4.78, 5) is 10.6. The third-order valence-electron chi connectivity index (χ3n) is 2.12. The molecule has 0 aliphatic carbocycles. The lowest BCUT2D eigenvalue weighted by Crippen LogP contribution is -2.20. The number of benzene rings is 1. The fourth-order valence-corrected chi connectivity index (χ4v) is 1.32. The molecule has 3 nitrogen and oxygen atoms in total. The Morgan fingerprint density at radius 1 is 1.59 bits per heavy atom. The Labute approximate surface area is 99.6 Å². The lowest BCUT2D eigenvalue weighted by Gasteiger charge is -1.99. The highest BCUT2D eigenvalue weighted by molar-refractivity contribution is 5.72. The van der Waals surface area contributed by atoms with Gasteiger partial charge in [0.1, 0.15) is 5.82 Å². The molecule has 0 aliphatic rings. The van der Waals surface area contributed by atoms with Gasteiger partial charge in [0, 0.05) is 13.5 Å². The summed E-state index contributed by atoms with van der Waals surface area (Å²) in [5, 5.41) is 11.5. The first-order valence-corrected chi connectivity index (χ1v) is 5.24. The SMILES string of the molecule is CC(=O)NCCC=Cc1cc(F)ccc1C#N. The van der Waals surface area contributed by atoms with Gasteiger partial charge < -0.3 is 5.32 Å². The van der Waals surface area contributed by atoms with Gasteiger partial charge in [0.05, 0.1) is 11.6 Å². The van der Waals surface area contributed by atoms with Crippen molar-refractivity contribution in [2.24, 2.45) is 0 Å². The van der Waals surface area contributed by atoms with E-state index in [1.54, 1.807) is 12.2 Å². The number of carbonyl (C=O) groups excluding carboxylic acids is 1. The summed E-state index contributed by atoms with van der Waals surface area (Å²) in [5.41, 5.74) is 0.984. The highest BCUT2D eigenvalue weighted by Gasteiger charge is 1.99. The van der Waals surface area contributed by atoms with Crippen molar-refractivity contribution in [3.8, 4) is 6.07 Å². The molecule has 1 amide bonds. The van der Waals surface area contributed by atoms with E-state index in [1.807, 2.05) is 6.07 Å². The molecule has 0 heterocycles. The number of carbonyl (C=O) groups is 1. The smallest absolute Gasteiger partial charge is 0.216 e. The molecule has 0 fully saturated rings. The lowest BCUT2D eigenvalue weighted by molar-refractivity contribution is -0.118. The molecule has 17 heavy (non-hydrogen) atoms. The number of halogens is 1. The molecule has 1 aromatic carbocycles. The molecule has 0 bridgehead atoms. The van der Waals surface area contributed by atoms with Gasteiger partial charge >= 0.3 is 0 Å². The number of rotatable bonds is 4. The van der Waals surface area contributed by atoms with Gasteiger partial charge in [-0.15, -0.1) is 0 Å². The van der Waals surface area contributed by atoms with Gasteiger partial charge in [-0.25, -0.2) is 4.39 Å². The first-order chi connectivity index (χ1) is 8.13. The summed E-state index contributed by atoms with van der Waals surface area (Å²) in [5.74, 6) is -0.451. The zero-order valence-electron chi connectivity index (χ0n) is 9.53. The van der Waals surface area contributed by atoms with E-state index in [0.717, 1.165) is 0 Å². The van der Waals surface area contributed by atoms with Gasteiger partial charge in [-0.2, -0.15) is 5.26 Å². The molecule has 0 aromatic heterocycles. The minimum absolute atomic E-state index is 0.0816. The van der Waals surface area contributed by atoms with Gasteiger partial charge in [-0.05, 0) is 30.2 Å². The fourth-order valence-electron chi connectivity index (χ4n) is 1.32. The van der Waals surface area contributed by atoms with E-state index in [4.69, 9.17) is 5.26 Å². The highest BCUT2D eigenvalue weighted by Crippen LogP contribution is 2.12. The van der Waals surface area contributed by atoms with Crippen LogP contribution in [0.4, 0.5) is 4.39 Å². The standard InChI is InChI=1S/C13H13FN2O/c1-10(17)16-7-3-2-4-11-8-13(14)6-5-12(11)9-15/h2,4-6,8H,3,7H2,1H3,(H,16,17). The predicted molar refractivity (Wildman–Crippen MR) is 63.4 cm³/mol. The molecule has 4 heteroatoms. The van der Waals surface area contributed by atoms with Crippen molar-refractivity contribution >= 4 is 12.0 Å². The van der Waals surface area contributed by atoms with Crippen molar-refractivity contribution in [1.29, 1.82) is 5.26 Å². The van der Waals surface area contributed by atoms with Crippen molar-refractivity contribution in [2.75, 3.05) is 6.54 Å². The fraction of sp³-hybridized carbons (Fsp3) is 0.231. The van der Waals surface area contributed by atoms with E-state index < -0.39 is 0 Å². The van der Waals surface area contributed by atoms with Crippen LogP contribution in [0, 0.1) is 17.1 Å². The Bertz CT molecular complexity index is 475. The topological polar surface area (TPSA) is 52.9 Å². The monoisotopic (exact) mass is 232 g/mol. The predicted octanol–water partition coefficient (Wildman–Crippen LogP) is 2.24. The molecule has 0 spiro atoms. The average molecular weight is 232 g/mol. The molecular formula is C13H13FN2O. The summed E-state index contributed by atoms with van der Waals surface area (Å²) in [6.45, 7) is 1.98. The van der Waals surface area contributed by atoms with E-state index in [1.165, 1.54) is 25.1 Å². The van der Waals surface area contributed by atoms with Crippen molar-refractivity contribution in [1.82, 2.24) is 5.32 Å². The van der Waals surface area contributed by atoms with Gasteiger partial charge in [0.15, 0.2) is 0 Å². The number of nitrogens with zero attached hydrogens (tertiary/aromatic N) is 1. The summed E-state index contributed by atoms with van der Waals surface area (Å²) in [7, 11) is 0. The van der Waals surface area contributed by atoms with E-state index in [0.29, 0.717) is 24.1 Å². The van der Waals surface area contributed by atoms with Crippen LogP contribution in [0.3, 0.4) is 0 Å². The maximum atomic E-state index is 13.0. The van der Waals surface area contributed by atoms with Gasteiger partial charge in [-0.3, -0.25) is 4.79 Å². The largest absolute Gasteiger partial charge is 0.356 e. The molecule has 1 N–H and O–H groups in total. The number of amides is 1. The van der Waals surface area contributed by atoms with Crippen molar-refractivity contribution in [3.05, 3.63) is 41.2 Å². The average Bonchev–Trinajstić information content (AvgIpc) is 2.28. The Morgan fingerprint density at radius 2 is 2.35 bits per heavy atom. The van der Waals surface area contributed by atoms with Crippen LogP contribution in [0.1, 0.15) is 24.5 Å². The van der Waals surface area contributed by atoms with Crippen LogP contribution in [0.25, 0.3) is 6.08 Å². The molecule has 0 saturated carbocycles. The zero-order chi connectivity index (χ0) is 12.7. The van der Waals surface area contributed by atoms with Crippen LogP contribution in [0.15, 0.2) is 24.3 Å². The number of hydrogen-bond donors (Lipinski definition) is 1. The molecule has 1 aromatic rings. The number of hydrogen-bond acceptors (Lipinski definition) is 2. The molecule has 0 atom stereocenters. The summed E-state index contributed by atoms with van der Waals surface area (Å²) in [6, 6.07) is 6.01. The lowest BCUT2D eigenvalue weighted by atomic mass is 10.1. The quantitative estimate of drug-likeness (QED) is 0.809. The normalized spacial score (nSPS) is 10.2. The van der Waals surface area contributed by atoms with Crippen LogP contribution in [-0.4, -0.2) is 12.5 Å². The van der Waals surface area contributed by atoms with E-state index in [2.05, 4.69) is 5.32 Å². The first kappa shape index (κ1) is 12.9. The van der Waals surface area contributed by atoms with Crippen LogP contribution in [0.2, 0.25) is 0 Å². The van der Waals surface area contributed by atoms with E-state index in [9.17, 15) is 9.18 Å². The van der Waals surface area contributed by atoms with E-state index >= 15 is 0 Å². The Morgan fingerprint density at radius 3 is 3.00 bits per heavy atom. The van der Waals surface area contributed by atoms with Gasteiger partial charge in [0.25, 0.3) is 0 Å². The number of nitrogens with one attached hydrogen (secondary N) is 1. The third kappa shape index (κ3) is 4.47. The minimum atomic E-state index is -0.370. The summed E-state index contributed by atoms with van der Waals surface area (Å²) >= 11 is 0. The maximum Gasteiger partial charge on any atom is 0.216 e. The Balaban J connectivity index is 2.61.